The van der Waals surface area contributed by atoms with Gasteiger partial charge in [0.2, 0.25) is 0 Å². The van der Waals surface area contributed by atoms with Gasteiger partial charge < -0.3 is 4.74 Å². The minimum absolute atomic E-state index is 0.425. The summed E-state index contributed by atoms with van der Waals surface area (Å²) < 4.78 is 5.60. The summed E-state index contributed by atoms with van der Waals surface area (Å²) in [6.45, 7) is 4.71. The van der Waals surface area contributed by atoms with Crippen LogP contribution in [0.15, 0.2) is 24.5 Å². The van der Waals surface area contributed by atoms with E-state index in [2.05, 4.69) is 12.7 Å². The van der Waals surface area contributed by atoms with E-state index >= 15 is 0 Å². The van der Waals surface area contributed by atoms with Crippen LogP contribution in [0.4, 0.5) is 0 Å². The first-order valence-corrected chi connectivity index (χ1v) is 4.82. The molecule has 0 aromatic heterocycles. The highest BCUT2D eigenvalue weighted by Crippen LogP contribution is 2.50. The standard InChI is InChI=1S/C11H16O/c1-2-3-6-11-7-4-5-10(11)12-9-8-11/h2,5H,1,3-4,6-9H2/t11-/m0/s1. The van der Waals surface area contributed by atoms with Gasteiger partial charge in [0, 0.05) is 5.41 Å². The van der Waals surface area contributed by atoms with Crippen molar-refractivity contribution in [3.63, 3.8) is 0 Å². The monoisotopic (exact) mass is 164 g/mol. The molecule has 1 saturated heterocycles. The molecule has 0 amide bonds. The van der Waals surface area contributed by atoms with E-state index in [1.165, 1.54) is 31.4 Å². The van der Waals surface area contributed by atoms with Crippen LogP contribution in [0.25, 0.3) is 0 Å². The van der Waals surface area contributed by atoms with Crippen molar-refractivity contribution in [1.82, 2.24) is 0 Å². The van der Waals surface area contributed by atoms with Crippen molar-refractivity contribution in [2.45, 2.75) is 32.1 Å². The van der Waals surface area contributed by atoms with Gasteiger partial charge in [0.25, 0.3) is 0 Å². The van der Waals surface area contributed by atoms with Crippen LogP contribution < -0.4 is 0 Å². The predicted octanol–water partition coefficient (Wildman–Crippen LogP) is 3.04. The molecule has 0 aromatic rings. The normalized spacial score (nSPS) is 32.5. The van der Waals surface area contributed by atoms with Crippen LogP contribution >= 0.6 is 0 Å². The molecule has 1 aliphatic heterocycles. The Morgan fingerprint density at radius 3 is 3.33 bits per heavy atom. The van der Waals surface area contributed by atoms with Gasteiger partial charge in [0.05, 0.1) is 12.4 Å². The third kappa shape index (κ3) is 1.08. The van der Waals surface area contributed by atoms with E-state index in [0.29, 0.717) is 5.41 Å². The molecule has 12 heavy (non-hydrogen) atoms. The minimum atomic E-state index is 0.425. The van der Waals surface area contributed by atoms with Gasteiger partial charge in [-0.1, -0.05) is 6.08 Å². The van der Waals surface area contributed by atoms with Crippen molar-refractivity contribution >= 4 is 0 Å². The SMILES string of the molecule is C=CCC[C@@]12CCC=C1OCC2. The van der Waals surface area contributed by atoms with Crippen molar-refractivity contribution in [2.24, 2.45) is 5.41 Å². The second kappa shape index (κ2) is 2.96. The van der Waals surface area contributed by atoms with E-state index in [9.17, 15) is 0 Å². The topological polar surface area (TPSA) is 9.23 Å². The molecular weight excluding hydrogens is 148 g/mol. The molecule has 0 N–H and O–H groups in total. The van der Waals surface area contributed by atoms with E-state index in [1.54, 1.807) is 0 Å². The zero-order valence-electron chi connectivity index (χ0n) is 7.51. The van der Waals surface area contributed by atoms with Crippen molar-refractivity contribution in [1.29, 1.82) is 0 Å². The second-order valence-corrected chi connectivity index (χ2v) is 3.81. The first kappa shape index (κ1) is 7.90. The van der Waals surface area contributed by atoms with E-state index < -0.39 is 0 Å². The van der Waals surface area contributed by atoms with E-state index in [4.69, 9.17) is 4.74 Å². The number of hydrogen-bond donors (Lipinski definition) is 0. The molecule has 1 atom stereocenters. The quantitative estimate of drug-likeness (QED) is 0.582. The Kier molecular flexibility index (Phi) is 1.95. The number of allylic oxidation sites excluding steroid dienone is 3. The second-order valence-electron chi connectivity index (χ2n) is 3.81. The molecule has 0 bridgehead atoms. The molecule has 2 aliphatic rings. The summed E-state index contributed by atoms with van der Waals surface area (Å²) >= 11 is 0. The van der Waals surface area contributed by atoms with Crippen molar-refractivity contribution in [2.75, 3.05) is 6.61 Å². The molecule has 0 saturated carbocycles. The van der Waals surface area contributed by atoms with Crippen LogP contribution in [0, 0.1) is 5.41 Å². The number of rotatable bonds is 3. The highest BCUT2D eigenvalue weighted by Gasteiger charge is 2.41. The van der Waals surface area contributed by atoms with Crippen molar-refractivity contribution in [3.8, 4) is 0 Å². The Labute approximate surface area is 74.1 Å². The molecule has 2 rings (SSSR count). The molecule has 1 fully saturated rings. The lowest BCUT2D eigenvalue weighted by Gasteiger charge is -2.22. The summed E-state index contributed by atoms with van der Waals surface area (Å²) in [4.78, 5) is 0. The Morgan fingerprint density at radius 1 is 1.58 bits per heavy atom. The highest BCUT2D eigenvalue weighted by atomic mass is 16.5. The van der Waals surface area contributed by atoms with Crippen LogP contribution in [0.5, 0.6) is 0 Å². The number of ether oxygens (including phenoxy) is 1. The van der Waals surface area contributed by atoms with Crippen LogP contribution in [0.1, 0.15) is 32.1 Å². The molecule has 1 aliphatic carbocycles. The van der Waals surface area contributed by atoms with Gasteiger partial charge in [-0.2, -0.15) is 0 Å². The highest BCUT2D eigenvalue weighted by molar-refractivity contribution is 5.17. The minimum Gasteiger partial charge on any atom is -0.498 e. The average Bonchev–Trinajstić information content (AvgIpc) is 2.58. The maximum atomic E-state index is 5.60. The third-order valence-electron chi connectivity index (χ3n) is 3.14. The van der Waals surface area contributed by atoms with Crippen LogP contribution in [0.3, 0.4) is 0 Å². The Morgan fingerprint density at radius 2 is 2.50 bits per heavy atom. The zero-order valence-corrected chi connectivity index (χ0v) is 7.51. The summed E-state index contributed by atoms with van der Waals surface area (Å²) in [5.74, 6) is 1.28. The van der Waals surface area contributed by atoms with Crippen LogP contribution in [-0.4, -0.2) is 6.61 Å². The van der Waals surface area contributed by atoms with E-state index in [1.807, 2.05) is 6.08 Å². The van der Waals surface area contributed by atoms with Crippen molar-refractivity contribution in [3.05, 3.63) is 24.5 Å². The molecular formula is C11H16O. The van der Waals surface area contributed by atoms with Gasteiger partial charge in [-0.3, -0.25) is 0 Å². The molecule has 1 nitrogen and oxygen atoms in total. The summed E-state index contributed by atoms with van der Waals surface area (Å²) in [7, 11) is 0. The lowest BCUT2D eigenvalue weighted by atomic mass is 9.80. The van der Waals surface area contributed by atoms with Crippen LogP contribution in [0.2, 0.25) is 0 Å². The van der Waals surface area contributed by atoms with E-state index in [0.717, 1.165) is 13.0 Å². The fraction of sp³-hybridized carbons (Fsp3) is 0.636. The Hall–Kier alpha value is -0.720. The molecule has 0 unspecified atom stereocenters. The molecule has 66 valence electrons. The fourth-order valence-electron chi connectivity index (χ4n) is 2.39. The Balaban J connectivity index is 2.08. The van der Waals surface area contributed by atoms with E-state index in [-0.39, 0.29) is 0 Å². The molecule has 1 heteroatoms. The predicted molar refractivity (Wildman–Crippen MR) is 49.8 cm³/mol. The van der Waals surface area contributed by atoms with Gasteiger partial charge in [0.1, 0.15) is 0 Å². The van der Waals surface area contributed by atoms with Gasteiger partial charge in [0.15, 0.2) is 0 Å². The molecule has 0 radical (unpaired) electrons. The van der Waals surface area contributed by atoms with Gasteiger partial charge in [-0.15, -0.1) is 6.58 Å². The smallest absolute Gasteiger partial charge is 0.0983 e. The van der Waals surface area contributed by atoms with Gasteiger partial charge in [-0.05, 0) is 38.2 Å². The number of hydrogen-bond acceptors (Lipinski definition) is 1. The maximum Gasteiger partial charge on any atom is 0.0983 e. The summed E-state index contributed by atoms with van der Waals surface area (Å²) in [5, 5.41) is 0. The van der Waals surface area contributed by atoms with Crippen LogP contribution in [-0.2, 0) is 4.74 Å². The maximum absolute atomic E-state index is 5.60. The summed E-state index contributed by atoms with van der Waals surface area (Å²) in [6.07, 6.45) is 10.4. The summed E-state index contributed by atoms with van der Waals surface area (Å²) in [6, 6.07) is 0. The molecule has 1 heterocycles. The first-order chi connectivity index (χ1) is 5.87. The molecule has 0 spiro atoms. The number of fused-ring (bicyclic) bond motifs is 1. The lowest BCUT2D eigenvalue weighted by Crippen LogP contribution is -2.14. The Bertz CT molecular complexity index is 217. The van der Waals surface area contributed by atoms with Gasteiger partial charge >= 0.3 is 0 Å². The average molecular weight is 164 g/mol. The lowest BCUT2D eigenvalue weighted by molar-refractivity contribution is 0.243. The first-order valence-electron chi connectivity index (χ1n) is 4.82. The molecule has 0 aromatic carbocycles. The summed E-state index contributed by atoms with van der Waals surface area (Å²) in [5.41, 5.74) is 0.425. The third-order valence-corrected chi connectivity index (χ3v) is 3.14. The van der Waals surface area contributed by atoms with Gasteiger partial charge in [-0.25, -0.2) is 0 Å². The van der Waals surface area contributed by atoms with Crippen molar-refractivity contribution < 1.29 is 4.74 Å². The largest absolute Gasteiger partial charge is 0.498 e. The fourth-order valence-corrected chi connectivity index (χ4v) is 2.39. The zero-order chi connectivity index (χ0) is 8.44.